The Morgan fingerprint density at radius 3 is 2.12 bits per heavy atom. The van der Waals surface area contributed by atoms with Gasteiger partial charge in [-0.15, -0.1) is 13.2 Å². The van der Waals surface area contributed by atoms with Crippen molar-refractivity contribution in [3.63, 3.8) is 0 Å². The molecule has 0 aliphatic carbocycles. The second-order valence-corrected chi connectivity index (χ2v) is 12.1. The number of benzene rings is 3. The molecular formula is C39H45N3O7. The summed E-state index contributed by atoms with van der Waals surface area (Å²) in [5, 5.41) is 15.6. The first-order valence-corrected chi connectivity index (χ1v) is 16.5. The van der Waals surface area contributed by atoms with Crippen molar-refractivity contribution in [3.05, 3.63) is 132 Å². The third-order valence-corrected chi connectivity index (χ3v) is 8.42. The minimum absolute atomic E-state index is 0.0355. The minimum Gasteiger partial charge on any atom is -0.462 e. The summed E-state index contributed by atoms with van der Waals surface area (Å²) in [5.41, 5.74) is 3.82. The minimum atomic E-state index is -1.05. The molecule has 3 amide bonds. The van der Waals surface area contributed by atoms with Crippen LogP contribution in [-0.2, 0) is 49.9 Å². The monoisotopic (exact) mass is 667 g/mol. The molecule has 1 aliphatic rings. The summed E-state index contributed by atoms with van der Waals surface area (Å²) in [7, 11) is 0. The van der Waals surface area contributed by atoms with Crippen molar-refractivity contribution in [2.24, 2.45) is 5.92 Å². The van der Waals surface area contributed by atoms with Crippen LogP contribution in [0.1, 0.15) is 41.5 Å². The Labute approximate surface area is 287 Å². The summed E-state index contributed by atoms with van der Waals surface area (Å²) >= 11 is 0. The van der Waals surface area contributed by atoms with E-state index in [2.05, 4.69) is 23.8 Å². The molecule has 0 spiro atoms. The lowest BCUT2D eigenvalue weighted by molar-refractivity contribution is -0.147. The van der Waals surface area contributed by atoms with Gasteiger partial charge in [0.15, 0.2) is 0 Å². The molecule has 0 fully saturated rings. The highest BCUT2D eigenvalue weighted by atomic mass is 16.6. The number of hydrogen-bond acceptors (Lipinski definition) is 7. The highest BCUT2D eigenvalue weighted by Gasteiger charge is 2.32. The van der Waals surface area contributed by atoms with Crippen LogP contribution in [-0.4, -0.2) is 65.2 Å². The van der Waals surface area contributed by atoms with Crippen LogP contribution in [0, 0.1) is 5.92 Å². The summed E-state index contributed by atoms with van der Waals surface area (Å²) < 4.78 is 10.9. The molecule has 4 unspecified atom stereocenters. The molecular weight excluding hydrogens is 622 g/mol. The van der Waals surface area contributed by atoms with E-state index in [1.54, 1.807) is 11.0 Å². The second kappa shape index (κ2) is 18.9. The van der Waals surface area contributed by atoms with E-state index in [4.69, 9.17) is 9.47 Å². The fraction of sp³-hybridized carbons (Fsp3) is 0.333. The van der Waals surface area contributed by atoms with Crippen LogP contribution in [0.15, 0.2) is 110 Å². The Kier molecular flexibility index (Phi) is 14.2. The van der Waals surface area contributed by atoms with E-state index >= 15 is 0 Å². The lowest BCUT2D eigenvalue weighted by Gasteiger charge is -2.36. The summed E-state index contributed by atoms with van der Waals surface area (Å²) in [5.74, 6) is -2.06. The summed E-state index contributed by atoms with van der Waals surface area (Å²) in [6, 6.07) is 24.3. The molecule has 0 radical (unpaired) electrons. The zero-order valence-corrected chi connectivity index (χ0v) is 27.7. The number of hydrogen-bond donors (Lipinski definition) is 3. The number of esters is 1. The van der Waals surface area contributed by atoms with Gasteiger partial charge in [-0.2, -0.15) is 0 Å². The number of ether oxygens (including phenoxy) is 2. The number of alkyl carbamates (subject to hydrolysis) is 1. The number of allylic oxidation sites excluding steroid dienone is 1. The van der Waals surface area contributed by atoms with E-state index in [0.29, 0.717) is 19.4 Å². The maximum atomic E-state index is 13.7. The van der Waals surface area contributed by atoms with E-state index in [0.717, 1.165) is 22.3 Å². The number of aliphatic hydroxyl groups is 1. The molecule has 4 rings (SSSR count). The molecule has 3 aromatic rings. The van der Waals surface area contributed by atoms with Gasteiger partial charge in [-0.3, -0.25) is 9.59 Å². The fourth-order valence-electron chi connectivity index (χ4n) is 5.80. The van der Waals surface area contributed by atoms with Crippen LogP contribution >= 0.6 is 0 Å². The van der Waals surface area contributed by atoms with Crippen molar-refractivity contribution in [2.45, 2.75) is 63.4 Å². The van der Waals surface area contributed by atoms with Crippen molar-refractivity contribution >= 4 is 23.9 Å². The molecule has 258 valence electrons. The molecule has 3 aromatic carbocycles. The molecule has 1 heterocycles. The van der Waals surface area contributed by atoms with Crippen molar-refractivity contribution in [2.75, 3.05) is 13.2 Å². The molecule has 3 N–H and O–H groups in total. The third kappa shape index (κ3) is 11.2. The number of rotatable bonds is 17. The third-order valence-electron chi connectivity index (χ3n) is 8.42. The van der Waals surface area contributed by atoms with Gasteiger partial charge in [0.1, 0.15) is 19.3 Å². The number of nitrogens with zero attached hydrogens (tertiary/aromatic N) is 1. The SMILES string of the molecule is C=CCC(CC(=O)N1Cc2ccccc2CC1CO)C(=O)NC(COC(=O)C(CC=C)NC(=O)OCc1ccccc1)Cc1ccccc1. The first-order valence-electron chi connectivity index (χ1n) is 16.5. The van der Waals surface area contributed by atoms with Gasteiger partial charge in [0.25, 0.3) is 0 Å². The van der Waals surface area contributed by atoms with Crippen LogP contribution < -0.4 is 10.6 Å². The topological polar surface area (TPSA) is 134 Å². The molecule has 10 heteroatoms. The highest BCUT2D eigenvalue weighted by Crippen LogP contribution is 2.25. The number of carbonyl (C=O) groups is 4. The van der Waals surface area contributed by atoms with E-state index in [1.165, 1.54) is 6.08 Å². The van der Waals surface area contributed by atoms with Crippen molar-refractivity contribution in [3.8, 4) is 0 Å². The molecule has 0 aromatic heterocycles. The van der Waals surface area contributed by atoms with Gasteiger partial charge < -0.3 is 30.1 Å². The lowest BCUT2D eigenvalue weighted by Crippen LogP contribution is -2.49. The Hall–Kier alpha value is -5.22. The van der Waals surface area contributed by atoms with Gasteiger partial charge in [-0.25, -0.2) is 9.59 Å². The predicted molar refractivity (Wildman–Crippen MR) is 186 cm³/mol. The van der Waals surface area contributed by atoms with Crippen LogP contribution in [0.4, 0.5) is 4.79 Å². The van der Waals surface area contributed by atoms with Gasteiger partial charge in [0, 0.05) is 13.0 Å². The lowest BCUT2D eigenvalue weighted by atomic mass is 9.92. The molecule has 1 aliphatic heterocycles. The predicted octanol–water partition coefficient (Wildman–Crippen LogP) is 4.66. The summed E-state index contributed by atoms with van der Waals surface area (Å²) in [6.45, 7) is 7.50. The maximum absolute atomic E-state index is 13.7. The van der Waals surface area contributed by atoms with E-state index in [9.17, 15) is 24.3 Å². The first kappa shape index (κ1) is 36.6. The Morgan fingerprint density at radius 1 is 0.837 bits per heavy atom. The molecule has 49 heavy (non-hydrogen) atoms. The van der Waals surface area contributed by atoms with E-state index in [-0.39, 0.29) is 56.9 Å². The van der Waals surface area contributed by atoms with Crippen molar-refractivity contribution in [1.82, 2.24) is 15.5 Å². The van der Waals surface area contributed by atoms with Crippen LogP contribution in [0.2, 0.25) is 0 Å². The number of fused-ring (bicyclic) bond motifs is 1. The fourth-order valence-corrected chi connectivity index (χ4v) is 5.80. The van der Waals surface area contributed by atoms with Crippen LogP contribution in [0.25, 0.3) is 0 Å². The number of carbonyl (C=O) groups excluding carboxylic acids is 4. The van der Waals surface area contributed by atoms with Gasteiger partial charge in [-0.1, -0.05) is 97.1 Å². The smallest absolute Gasteiger partial charge is 0.408 e. The van der Waals surface area contributed by atoms with Gasteiger partial charge >= 0.3 is 12.1 Å². The van der Waals surface area contributed by atoms with Crippen LogP contribution in [0.5, 0.6) is 0 Å². The van der Waals surface area contributed by atoms with E-state index < -0.39 is 30.1 Å². The first-order chi connectivity index (χ1) is 23.8. The molecule has 4 atom stereocenters. The normalized spacial score (nSPS) is 15.4. The summed E-state index contributed by atoms with van der Waals surface area (Å²) in [4.78, 5) is 54.6. The average Bonchev–Trinajstić information content (AvgIpc) is 3.12. The second-order valence-electron chi connectivity index (χ2n) is 12.1. The van der Waals surface area contributed by atoms with Gasteiger partial charge in [-0.05, 0) is 47.9 Å². The van der Waals surface area contributed by atoms with Crippen LogP contribution in [0.3, 0.4) is 0 Å². The zero-order chi connectivity index (χ0) is 35.0. The van der Waals surface area contributed by atoms with Crippen molar-refractivity contribution in [1.29, 1.82) is 0 Å². The standard InChI is InChI=1S/C39H45N3O7/c1-3-13-31(23-36(44)42-24-32-20-12-11-19-30(32)22-34(42)25-43)37(45)40-33(21-28-15-7-5-8-16-28)27-48-38(46)35(14-4-2)41-39(47)49-26-29-17-9-6-10-18-29/h3-12,15-20,31,33-35,43H,1-2,13-14,21-27H2,(H,40,45)(H,41,47). The molecule has 0 saturated carbocycles. The average molecular weight is 668 g/mol. The van der Waals surface area contributed by atoms with Gasteiger partial charge in [0.05, 0.1) is 24.6 Å². The molecule has 10 nitrogen and oxygen atoms in total. The highest BCUT2D eigenvalue weighted by molar-refractivity contribution is 5.86. The summed E-state index contributed by atoms with van der Waals surface area (Å²) in [6.07, 6.45) is 3.47. The van der Waals surface area contributed by atoms with E-state index in [1.807, 2.05) is 84.9 Å². The number of amides is 3. The molecule has 0 saturated heterocycles. The molecule has 0 bridgehead atoms. The Bertz CT molecular complexity index is 1560. The number of aliphatic hydroxyl groups excluding tert-OH is 1. The van der Waals surface area contributed by atoms with Gasteiger partial charge in [0.2, 0.25) is 11.8 Å². The largest absolute Gasteiger partial charge is 0.462 e. The quantitative estimate of drug-likeness (QED) is 0.141. The Balaban J connectivity index is 1.40. The number of nitrogens with one attached hydrogen (secondary N) is 2. The zero-order valence-electron chi connectivity index (χ0n) is 27.7. The maximum Gasteiger partial charge on any atom is 0.408 e. The Morgan fingerprint density at radius 2 is 1.47 bits per heavy atom. The van der Waals surface area contributed by atoms with Crippen molar-refractivity contribution < 1.29 is 33.8 Å².